The standard InChI is InChI=1S/C19H23N5O7S2/c1-29-11-12-31-16(26)8-7-15(25)23-19(32)22-13-3-5-14(6-4-13)33(27,28)24-17-18(30-2)21-10-9-20-17/h3-6,9-10H,7-8,11-12H2,1-2H3,(H,20,24)(H2,22,23,25,32). The molecule has 0 aliphatic heterocycles. The average molecular weight is 498 g/mol. The molecule has 0 saturated carbocycles. The van der Waals surface area contributed by atoms with Crippen molar-refractivity contribution in [2.24, 2.45) is 0 Å². The molecule has 0 unspecified atom stereocenters. The van der Waals surface area contributed by atoms with Gasteiger partial charge >= 0.3 is 5.97 Å². The van der Waals surface area contributed by atoms with Crippen molar-refractivity contribution in [3.63, 3.8) is 0 Å². The first kappa shape index (κ1) is 25.9. The van der Waals surface area contributed by atoms with Crippen molar-refractivity contribution in [3.8, 4) is 5.88 Å². The molecule has 33 heavy (non-hydrogen) atoms. The minimum absolute atomic E-state index is 0.00854. The molecule has 1 heterocycles. The minimum atomic E-state index is -3.95. The van der Waals surface area contributed by atoms with Crippen molar-refractivity contribution in [1.82, 2.24) is 15.3 Å². The number of benzene rings is 1. The van der Waals surface area contributed by atoms with E-state index in [1.54, 1.807) is 0 Å². The summed E-state index contributed by atoms with van der Waals surface area (Å²) < 4.78 is 42.1. The van der Waals surface area contributed by atoms with Crippen LogP contribution in [0.25, 0.3) is 0 Å². The lowest BCUT2D eigenvalue weighted by atomic mass is 10.3. The molecule has 0 atom stereocenters. The largest absolute Gasteiger partial charge is 0.478 e. The highest BCUT2D eigenvalue weighted by Gasteiger charge is 2.18. The first-order valence-electron chi connectivity index (χ1n) is 9.48. The molecule has 2 rings (SSSR count). The number of rotatable bonds is 11. The van der Waals surface area contributed by atoms with Crippen LogP contribution in [0.3, 0.4) is 0 Å². The second-order valence-corrected chi connectivity index (χ2v) is 8.35. The SMILES string of the molecule is COCCOC(=O)CCC(=O)NC(=S)Nc1ccc(S(=O)(=O)Nc2nccnc2OC)cc1. The van der Waals surface area contributed by atoms with Crippen molar-refractivity contribution >= 4 is 50.7 Å². The van der Waals surface area contributed by atoms with Gasteiger partial charge in [0.2, 0.25) is 11.7 Å². The summed E-state index contributed by atoms with van der Waals surface area (Å²) >= 11 is 5.06. The number of anilines is 2. The number of hydrogen-bond acceptors (Lipinski definition) is 10. The molecule has 0 fully saturated rings. The van der Waals surface area contributed by atoms with E-state index in [1.165, 1.54) is 50.9 Å². The van der Waals surface area contributed by atoms with Crippen LogP contribution in [0, 0.1) is 0 Å². The Labute approximate surface area is 196 Å². The molecule has 0 spiro atoms. The smallest absolute Gasteiger partial charge is 0.306 e. The Morgan fingerprint density at radius 2 is 1.73 bits per heavy atom. The molecule has 0 radical (unpaired) electrons. The first-order valence-corrected chi connectivity index (χ1v) is 11.4. The van der Waals surface area contributed by atoms with E-state index in [-0.39, 0.29) is 47.8 Å². The second kappa shape index (κ2) is 12.6. The molecule has 12 nitrogen and oxygen atoms in total. The van der Waals surface area contributed by atoms with Gasteiger partial charge in [0.05, 0.1) is 25.0 Å². The van der Waals surface area contributed by atoms with Crippen LogP contribution in [-0.4, -0.2) is 62.8 Å². The zero-order chi connectivity index (χ0) is 24.3. The molecule has 3 N–H and O–H groups in total. The zero-order valence-corrected chi connectivity index (χ0v) is 19.5. The molecule has 0 bridgehead atoms. The zero-order valence-electron chi connectivity index (χ0n) is 17.9. The van der Waals surface area contributed by atoms with Crippen molar-refractivity contribution in [2.45, 2.75) is 17.7 Å². The van der Waals surface area contributed by atoms with Crippen molar-refractivity contribution in [1.29, 1.82) is 0 Å². The van der Waals surface area contributed by atoms with Crippen LogP contribution in [0.15, 0.2) is 41.6 Å². The number of aromatic nitrogens is 2. The Balaban J connectivity index is 1.87. The van der Waals surface area contributed by atoms with Crippen LogP contribution in [-0.2, 0) is 29.1 Å². The third-order valence-corrected chi connectivity index (χ3v) is 5.43. The van der Waals surface area contributed by atoms with Gasteiger partial charge in [0.1, 0.15) is 6.61 Å². The van der Waals surface area contributed by atoms with Gasteiger partial charge in [-0.15, -0.1) is 0 Å². The van der Waals surface area contributed by atoms with E-state index in [9.17, 15) is 18.0 Å². The summed E-state index contributed by atoms with van der Waals surface area (Å²) in [7, 11) is -1.12. The summed E-state index contributed by atoms with van der Waals surface area (Å²) in [5.41, 5.74) is 0.440. The first-order chi connectivity index (χ1) is 15.7. The Bertz CT molecular complexity index is 1080. The maximum Gasteiger partial charge on any atom is 0.306 e. The van der Waals surface area contributed by atoms with Gasteiger partial charge in [-0.3, -0.25) is 14.3 Å². The molecular formula is C19H23N5O7S2. The van der Waals surface area contributed by atoms with Gasteiger partial charge in [-0.25, -0.2) is 18.4 Å². The van der Waals surface area contributed by atoms with E-state index in [0.29, 0.717) is 5.69 Å². The van der Waals surface area contributed by atoms with Gasteiger partial charge in [-0.1, -0.05) is 0 Å². The Morgan fingerprint density at radius 3 is 2.39 bits per heavy atom. The lowest BCUT2D eigenvalue weighted by Crippen LogP contribution is -2.34. The average Bonchev–Trinajstić information content (AvgIpc) is 2.78. The number of sulfonamides is 1. The van der Waals surface area contributed by atoms with E-state index in [0.717, 1.165) is 0 Å². The van der Waals surface area contributed by atoms with Gasteiger partial charge in [0.15, 0.2) is 5.11 Å². The number of carbonyl (C=O) groups excluding carboxylic acids is 2. The lowest BCUT2D eigenvalue weighted by molar-refractivity contribution is -0.146. The van der Waals surface area contributed by atoms with Crippen LogP contribution < -0.4 is 20.1 Å². The quantitative estimate of drug-likeness (QED) is 0.232. The van der Waals surface area contributed by atoms with Crippen molar-refractivity contribution in [3.05, 3.63) is 36.7 Å². The number of nitrogens with one attached hydrogen (secondary N) is 3. The molecule has 0 saturated heterocycles. The van der Waals surface area contributed by atoms with Gasteiger partial charge in [-0.2, -0.15) is 0 Å². The number of hydrogen-bond donors (Lipinski definition) is 3. The van der Waals surface area contributed by atoms with Gasteiger partial charge in [0, 0.05) is 31.6 Å². The van der Waals surface area contributed by atoms with E-state index in [4.69, 9.17) is 26.4 Å². The third-order valence-electron chi connectivity index (χ3n) is 3.87. The number of esters is 1. The summed E-state index contributed by atoms with van der Waals surface area (Å²) in [6.07, 6.45) is 2.48. The minimum Gasteiger partial charge on any atom is -0.478 e. The molecule has 0 aliphatic rings. The highest BCUT2D eigenvalue weighted by molar-refractivity contribution is 7.92. The summed E-state index contributed by atoms with van der Waals surface area (Å²) in [4.78, 5) is 31.1. The number of methoxy groups -OCH3 is 2. The van der Waals surface area contributed by atoms with Crippen LogP contribution in [0.5, 0.6) is 5.88 Å². The highest BCUT2D eigenvalue weighted by Crippen LogP contribution is 2.22. The number of nitrogens with zero attached hydrogens (tertiary/aromatic N) is 2. The number of thiocarbonyl (C=S) groups is 1. The second-order valence-electron chi connectivity index (χ2n) is 6.26. The molecule has 1 aromatic heterocycles. The van der Waals surface area contributed by atoms with Crippen LogP contribution in [0.1, 0.15) is 12.8 Å². The molecule has 2 aromatic rings. The summed E-state index contributed by atoms with van der Waals surface area (Å²) in [6, 6.07) is 5.62. The molecular weight excluding hydrogens is 474 g/mol. The fourth-order valence-corrected chi connectivity index (χ4v) is 3.56. The number of carbonyl (C=O) groups is 2. The maximum atomic E-state index is 12.6. The Kier molecular flexibility index (Phi) is 9.90. The van der Waals surface area contributed by atoms with E-state index < -0.39 is 21.9 Å². The van der Waals surface area contributed by atoms with Crippen LogP contribution >= 0.6 is 12.2 Å². The van der Waals surface area contributed by atoms with Crippen molar-refractivity contribution < 1.29 is 32.2 Å². The fraction of sp³-hybridized carbons (Fsp3) is 0.316. The summed E-state index contributed by atoms with van der Waals surface area (Å²) in [5, 5.41) is 5.18. The van der Waals surface area contributed by atoms with Gasteiger partial charge in [-0.05, 0) is 36.5 Å². The number of ether oxygens (including phenoxy) is 3. The van der Waals surface area contributed by atoms with Crippen LogP contribution in [0.4, 0.5) is 11.5 Å². The fourth-order valence-electron chi connectivity index (χ4n) is 2.33. The number of amides is 1. The third kappa shape index (κ3) is 8.59. The monoisotopic (exact) mass is 497 g/mol. The van der Waals surface area contributed by atoms with Gasteiger partial charge < -0.3 is 24.8 Å². The predicted octanol–water partition coefficient (Wildman–Crippen LogP) is 1.07. The molecule has 1 aromatic carbocycles. The van der Waals surface area contributed by atoms with Crippen LogP contribution in [0.2, 0.25) is 0 Å². The summed E-state index contributed by atoms with van der Waals surface area (Å²) in [6.45, 7) is 0.390. The molecule has 1 amide bonds. The Morgan fingerprint density at radius 1 is 1.03 bits per heavy atom. The highest BCUT2D eigenvalue weighted by atomic mass is 32.2. The Hall–Kier alpha value is -3.36. The van der Waals surface area contributed by atoms with E-state index in [2.05, 4.69) is 25.3 Å². The molecule has 14 heteroatoms. The van der Waals surface area contributed by atoms with E-state index in [1.807, 2.05) is 0 Å². The maximum absolute atomic E-state index is 12.6. The summed E-state index contributed by atoms with van der Waals surface area (Å²) in [5.74, 6) is -1.01. The normalized spacial score (nSPS) is 10.7. The van der Waals surface area contributed by atoms with Crippen molar-refractivity contribution in [2.75, 3.05) is 37.5 Å². The van der Waals surface area contributed by atoms with Gasteiger partial charge in [0.25, 0.3) is 15.9 Å². The predicted molar refractivity (Wildman–Crippen MR) is 122 cm³/mol. The van der Waals surface area contributed by atoms with E-state index >= 15 is 0 Å². The molecule has 178 valence electrons. The topological polar surface area (TPSA) is 158 Å². The lowest BCUT2D eigenvalue weighted by Gasteiger charge is -2.12. The molecule has 0 aliphatic carbocycles.